The van der Waals surface area contributed by atoms with Crippen LogP contribution in [0.3, 0.4) is 0 Å². The maximum atomic E-state index is 12.3. The van der Waals surface area contributed by atoms with Crippen LogP contribution in [0.25, 0.3) is 0 Å². The van der Waals surface area contributed by atoms with E-state index in [9.17, 15) is 8.78 Å². The molecular formula is C12H12F2IN3O. The second kappa shape index (κ2) is 5.72. The van der Waals surface area contributed by atoms with Crippen molar-refractivity contribution >= 4 is 28.4 Å². The van der Waals surface area contributed by atoms with E-state index in [2.05, 4.69) is 32.4 Å². The van der Waals surface area contributed by atoms with Gasteiger partial charge >= 0.3 is 6.61 Å². The summed E-state index contributed by atoms with van der Waals surface area (Å²) in [6, 6.07) is 6.61. The predicted molar refractivity (Wildman–Crippen MR) is 76.3 cm³/mol. The highest BCUT2D eigenvalue weighted by atomic mass is 127. The quantitative estimate of drug-likeness (QED) is 0.832. The fourth-order valence-electron chi connectivity index (χ4n) is 1.70. The summed E-state index contributed by atoms with van der Waals surface area (Å²) in [6.07, 6.45) is 0. The lowest BCUT2D eigenvalue weighted by atomic mass is 10.2. The molecule has 0 amide bonds. The molecule has 0 aliphatic carbocycles. The van der Waals surface area contributed by atoms with Crippen molar-refractivity contribution in [3.05, 3.63) is 39.1 Å². The van der Waals surface area contributed by atoms with Crippen molar-refractivity contribution in [3.8, 4) is 5.75 Å². The van der Waals surface area contributed by atoms with Crippen molar-refractivity contribution in [3.63, 3.8) is 0 Å². The van der Waals surface area contributed by atoms with Crippen LogP contribution in [0.1, 0.15) is 11.3 Å². The van der Waals surface area contributed by atoms with Crippen molar-refractivity contribution in [2.75, 3.05) is 5.73 Å². The molecule has 19 heavy (non-hydrogen) atoms. The van der Waals surface area contributed by atoms with Crippen LogP contribution < -0.4 is 10.5 Å². The summed E-state index contributed by atoms with van der Waals surface area (Å²) in [4.78, 5) is 0. The van der Waals surface area contributed by atoms with Crippen molar-refractivity contribution in [2.24, 2.45) is 0 Å². The number of ether oxygens (including phenoxy) is 1. The third kappa shape index (κ3) is 3.14. The van der Waals surface area contributed by atoms with Gasteiger partial charge in [0.05, 0.1) is 15.8 Å². The minimum absolute atomic E-state index is 0.139. The number of hydrogen-bond donors (Lipinski definition) is 1. The molecule has 2 aromatic rings. The summed E-state index contributed by atoms with van der Waals surface area (Å²) in [6.45, 7) is -0.715. The number of anilines is 1. The monoisotopic (exact) mass is 379 g/mol. The molecule has 7 heteroatoms. The first kappa shape index (κ1) is 14.0. The number of nitrogens with two attached hydrogens (primary N) is 1. The van der Waals surface area contributed by atoms with Crippen molar-refractivity contribution in [1.82, 2.24) is 9.78 Å². The van der Waals surface area contributed by atoms with Gasteiger partial charge in [-0.05, 0) is 35.6 Å². The van der Waals surface area contributed by atoms with Crippen LogP contribution in [0.4, 0.5) is 14.6 Å². The minimum Gasteiger partial charge on any atom is -0.434 e. The fraction of sp³-hybridized carbons (Fsp3) is 0.250. The molecule has 4 nitrogen and oxygen atoms in total. The molecule has 0 bridgehead atoms. The van der Waals surface area contributed by atoms with Crippen molar-refractivity contribution in [2.45, 2.75) is 20.1 Å². The van der Waals surface area contributed by atoms with Gasteiger partial charge in [0.2, 0.25) is 0 Å². The number of aryl methyl sites for hydroxylation is 1. The number of para-hydroxylation sites is 1. The minimum atomic E-state index is -2.85. The zero-order chi connectivity index (χ0) is 14.0. The van der Waals surface area contributed by atoms with Gasteiger partial charge < -0.3 is 10.5 Å². The van der Waals surface area contributed by atoms with E-state index in [-0.39, 0.29) is 5.75 Å². The number of hydrogen-bond acceptors (Lipinski definition) is 3. The van der Waals surface area contributed by atoms with E-state index in [1.165, 1.54) is 6.07 Å². The van der Waals surface area contributed by atoms with Crippen LogP contribution in [0.5, 0.6) is 5.75 Å². The summed E-state index contributed by atoms with van der Waals surface area (Å²) >= 11 is 2.10. The third-order valence-corrected chi connectivity index (χ3v) is 3.93. The fourth-order valence-corrected chi connectivity index (χ4v) is 2.09. The van der Waals surface area contributed by atoms with Gasteiger partial charge in [-0.1, -0.05) is 18.2 Å². The van der Waals surface area contributed by atoms with Gasteiger partial charge in [-0.2, -0.15) is 13.9 Å². The topological polar surface area (TPSA) is 53.1 Å². The summed E-state index contributed by atoms with van der Waals surface area (Å²) in [5, 5.41) is 4.27. The molecule has 0 saturated heterocycles. The van der Waals surface area contributed by atoms with Gasteiger partial charge in [0.15, 0.2) is 0 Å². The molecule has 102 valence electrons. The van der Waals surface area contributed by atoms with E-state index in [4.69, 9.17) is 5.73 Å². The lowest BCUT2D eigenvalue weighted by Crippen LogP contribution is -2.10. The molecule has 2 rings (SSSR count). The highest BCUT2D eigenvalue weighted by molar-refractivity contribution is 14.1. The number of benzene rings is 1. The number of rotatable bonds is 4. The van der Waals surface area contributed by atoms with E-state index in [1.54, 1.807) is 22.9 Å². The van der Waals surface area contributed by atoms with E-state index in [0.717, 1.165) is 9.26 Å². The molecule has 0 atom stereocenters. The van der Waals surface area contributed by atoms with Gasteiger partial charge in [0.1, 0.15) is 11.6 Å². The van der Waals surface area contributed by atoms with Crippen molar-refractivity contribution in [1.29, 1.82) is 0 Å². The molecular weight excluding hydrogens is 367 g/mol. The Morgan fingerprint density at radius 3 is 2.68 bits per heavy atom. The van der Waals surface area contributed by atoms with E-state index >= 15 is 0 Å². The summed E-state index contributed by atoms with van der Waals surface area (Å²) in [5.74, 6) is 0.657. The predicted octanol–water partition coefficient (Wildman–Crippen LogP) is 3.03. The first-order valence-electron chi connectivity index (χ1n) is 5.50. The van der Waals surface area contributed by atoms with Gasteiger partial charge in [-0.25, -0.2) is 4.68 Å². The molecule has 0 radical (unpaired) electrons. The Hall–Kier alpha value is -1.38. The summed E-state index contributed by atoms with van der Waals surface area (Å²) in [5.41, 5.74) is 7.32. The Morgan fingerprint density at radius 2 is 2.11 bits per heavy atom. The summed E-state index contributed by atoms with van der Waals surface area (Å²) < 4.78 is 31.5. The first-order valence-corrected chi connectivity index (χ1v) is 6.58. The molecule has 0 unspecified atom stereocenters. The van der Waals surface area contributed by atoms with E-state index in [0.29, 0.717) is 17.9 Å². The average molecular weight is 379 g/mol. The van der Waals surface area contributed by atoms with Crippen LogP contribution in [-0.2, 0) is 6.54 Å². The van der Waals surface area contributed by atoms with E-state index in [1.807, 2.05) is 6.92 Å². The molecule has 1 heterocycles. The molecule has 0 saturated carbocycles. The first-order chi connectivity index (χ1) is 8.99. The van der Waals surface area contributed by atoms with Crippen LogP contribution in [0, 0.1) is 10.5 Å². The standard InChI is InChI=1S/C12H12F2IN3O/c1-7-10(15)11(16)18(17-7)6-8-4-2-3-5-9(8)19-12(13)14/h2-5,12H,6,16H2,1H3. The van der Waals surface area contributed by atoms with Crippen LogP contribution in [-0.4, -0.2) is 16.4 Å². The Morgan fingerprint density at radius 1 is 1.42 bits per heavy atom. The summed E-state index contributed by atoms with van der Waals surface area (Å²) in [7, 11) is 0. The maximum absolute atomic E-state index is 12.3. The molecule has 1 aromatic heterocycles. The van der Waals surface area contributed by atoms with Crippen LogP contribution in [0.2, 0.25) is 0 Å². The van der Waals surface area contributed by atoms with Crippen LogP contribution >= 0.6 is 22.6 Å². The molecule has 2 N–H and O–H groups in total. The zero-order valence-electron chi connectivity index (χ0n) is 10.1. The van der Waals surface area contributed by atoms with Gasteiger partial charge in [-0.3, -0.25) is 0 Å². The largest absolute Gasteiger partial charge is 0.434 e. The van der Waals surface area contributed by atoms with Gasteiger partial charge in [0.25, 0.3) is 0 Å². The number of nitrogens with zero attached hydrogens (tertiary/aromatic N) is 2. The molecule has 0 spiro atoms. The number of aromatic nitrogens is 2. The van der Waals surface area contributed by atoms with Crippen LogP contribution in [0.15, 0.2) is 24.3 Å². The van der Waals surface area contributed by atoms with E-state index < -0.39 is 6.61 Å². The molecule has 1 aromatic carbocycles. The average Bonchev–Trinajstić information content (AvgIpc) is 2.59. The highest BCUT2D eigenvalue weighted by Gasteiger charge is 2.13. The Kier molecular flexibility index (Phi) is 4.23. The second-order valence-electron chi connectivity index (χ2n) is 3.93. The Labute approximate surface area is 122 Å². The number of halogens is 3. The molecule has 0 aliphatic rings. The maximum Gasteiger partial charge on any atom is 0.387 e. The second-order valence-corrected chi connectivity index (χ2v) is 5.01. The third-order valence-electron chi connectivity index (χ3n) is 2.60. The van der Waals surface area contributed by atoms with Crippen molar-refractivity contribution < 1.29 is 13.5 Å². The molecule has 0 fully saturated rings. The lowest BCUT2D eigenvalue weighted by Gasteiger charge is -2.11. The number of alkyl halides is 2. The zero-order valence-corrected chi connectivity index (χ0v) is 12.3. The lowest BCUT2D eigenvalue weighted by molar-refractivity contribution is -0.0505. The normalized spacial score (nSPS) is 11.0. The van der Waals surface area contributed by atoms with Gasteiger partial charge in [-0.15, -0.1) is 0 Å². The number of nitrogen functional groups attached to an aromatic ring is 1. The smallest absolute Gasteiger partial charge is 0.387 e. The molecule has 0 aliphatic heterocycles. The highest BCUT2D eigenvalue weighted by Crippen LogP contribution is 2.24. The Bertz CT molecular complexity index is 586. The SMILES string of the molecule is Cc1nn(Cc2ccccc2OC(F)F)c(N)c1I. The van der Waals surface area contributed by atoms with Gasteiger partial charge in [0, 0.05) is 5.56 Å². The Balaban J connectivity index is 2.30.